The molecule has 0 radical (unpaired) electrons. The van der Waals surface area contributed by atoms with E-state index in [-0.39, 0.29) is 11.8 Å². The van der Waals surface area contributed by atoms with Gasteiger partial charge in [-0.15, -0.1) is 0 Å². The molecular formula is C13H23NO4. The molecule has 5 heteroatoms. The molecule has 0 aromatic carbocycles. The Balaban J connectivity index is 2.49. The minimum Gasteiger partial charge on any atom is -0.481 e. The summed E-state index contributed by atoms with van der Waals surface area (Å²) in [4.78, 5) is 24.7. The number of carbonyl (C=O) groups is 2. The summed E-state index contributed by atoms with van der Waals surface area (Å²) in [5.74, 6) is -1.08. The number of likely N-dealkylation sites (tertiary alicyclic amines) is 1. The van der Waals surface area contributed by atoms with E-state index in [1.54, 1.807) is 4.90 Å². The number of carboxylic acids is 1. The van der Waals surface area contributed by atoms with Gasteiger partial charge in [0, 0.05) is 19.7 Å². The zero-order valence-electron chi connectivity index (χ0n) is 11.2. The Bertz CT molecular complexity index is 293. The van der Waals surface area contributed by atoms with Crippen molar-refractivity contribution in [1.29, 1.82) is 0 Å². The van der Waals surface area contributed by atoms with Crippen LogP contribution in [0.2, 0.25) is 0 Å². The summed E-state index contributed by atoms with van der Waals surface area (Å²) >= 11 is 0. The van der Waals surface area contributed by atoms with Crippen LogP contribution in [0.4, 0.5) is 0 Å². The van der Waals surface area contributed by atoms with Crippen LogP contribution in [0.15, 0.2) is 0 Å². The van der Waals surface area contributed by atoms with Crippen molar-refractivity contribution in [2.24, 2.45) is 11.8 Å². The first-order chi connectivity index (χ1) is 8.60. The van der Waals surface area contributed by atoms with E-state index in [1.165, 1.54) is 0 Å². The predicted molar refractivity (Wildman–Crippen MR) is 67.2 cm³/mol. The van der Waals surface area contributed by atoms with Crippen LogP contribution in [0.25, 0.3) is 0 Å². The Morgan fingerprint density at radius 2 is 2.06 bits per heavy atom. The van der Waals surface area contributed by atoms with Crippen LogP contribution in [0.5, 0.6) is 0 Å². The Morgan fingerprint density at radius 3 is 2.61 bits per heavy atom. The first kappa shape index (κ1) is 15.0. The van der Waals surface area contributed by atoms with E-state index in [4.69, 9.17) is 9.84 Å². The first-order valence-electron chi connectivity index (χ1n) is 6.68. The molecule has 1 N–H and O–H groups in total. The number of amides is 1. The topological polar surface area (TPSA) is 66.8 Å². The van der Waals surface area contributed by atoms with E-state index in [0.29, 0.717) is 32.7 Å². The van der Waals surface area contributed by atoms with Gasteiger partial charge in [0.15, 0.2) is 0 Å². The monoisotopic (exact) mass is 257 g/mol. The highest BCUT2D eigenvalue weighted by Crippen LogP contribution is 2.28. The molecule has 0 saturated carbocycles. The molecule has 0 spiro atoms. The fraction of sp³-hybridized carbons (Fsp3) is 0.846. The van der Waals surface area contributed by atoms with Crippen molar-refractivity contribution < 1.29 is 19.4 Å². The molecule has 2 atom stereocenters. The van der Waals surface area contributed by atoms with E-state index in [2.05, 4.69) is 0 Å². The van der Waals surface area contributed by atoms with Gasteiger partial charge in [-0.3, -0.25) is 9.59 Å². The number of aliphatic carboxylic acids is 1. The number of carboxylic acid groups (broad SMARTS) is 1. The van der Waals surface area contributed by atoms with Crippen molar-refractivity contribution in [3.8, 4) is 0 Å². The Labute approximate surface area is 108 Å². The van der Waals surface area contributed by atoms with Gasteiger partial charge in [-0.05, 0) is 19.3 Å². The summed E-state index contributed by atoms with van der Waals surface area (Å²) < 4.78 is 5.15. The molecule has 1 aliphatic heterocycles. The number of nitrogens with zero attached hydrogens (tertiary/aromatic N) is 1. The molecule has 18 heavy (non-hydrogen) atoms. The molecule has 1 rings (SSSR count). The lowest BCUT2D eigenvalue weighted by atomic mass is 9.92. The molecule has 0 aromatic rings. The third kappa shape index (κ3) is 3.98. The Morgan fingerprint density at radius 1 is 1.33 bits per heavy atom. The molecular weight excluding hydrogens is 234 g/mol. The summed E-state index contributed by atoms with van der Waals surface area (Å²) in [6.45, 7) is 5.88. The molecule has 1 fully saturated rings. The van der Waals surface area contributed by atoms with Gasteiger partial charge in [0.2, 0.25) is 5.91 Å². The molecule has 1 aliphatic rings. The summed E-state index contributed by atoms with van der Waals surface area (Å²) in [5, 5.41) is 9.16. The highest BCUT2D eigenvalue weighted by atomic mass is 16.5. The van der Waals surface area contributed by atoms with Gasteiger partial charge < -0.3 is 14.7 Å². The number of hydrogen-bond acceptors (Lipinski definition) is 3. The van der Waals surface area contributed by atoms with Crippen LogP contribution in [0.1, 0.15) is 33.1 Å². The maximum absolute atomic E-state index is 11.9. The van der Waals surface area contributed by atoms with Crippen LogP contribution in [0.3, 0.4) is 0 Å². The summed E-state index contributed by atoms with van der Waals surface area (Å²) in [5.41, 5.74) is 0. The molecule has 0 bridgehead atoms. The molecule has 0 aromatic heterocycles. The molecule has 104 valence electrons. The van der Waals surface area contributed by atoms with Gasteiger partial charge in [0.25, 0.3) is 0 Å². The van der Waals surface area contributed by atoms with Gasteiger partial charge in [-0.1, -0.05) is 13.3 Å². The first-order valence-corrected chi connectivity index (χ1v) is 6.68. The van der Waals surface area contributed by atoms with Crippen LogP contribution in [-0.4, -0.2) is 48.2 Å². The second kappa shape index (κ2) is 7.36. The standard InChI is InChI=1S/C13H23NO4/c1-3-5-10-8-14(9-11(10)13(16)17)12(15)6-7-18-4-2/h10-11H,3-9H2,1-2H3,(H,16,17)/t10-,11-/m1/s1. The van der Waals surface area contributed by atoms with Crippen LogP contribution < -0.4 is 0 Å². The molecule has 0 unspecified atom stereocenters. The van der Waals surface area contributed by atoms with Crippen molar-refractivity contribution in [3.05, 3.63) is 0 Å². The van der Waals surface area contributed by atoms with E-state index in [0.717, 1.165) is 12.8 Å². The zero-order valence-corrected chi connectivity index (χ0v) is 11.2. The lowest BCUT2D eigenvalue weighted by molar-refractivity contribution is -0.142. The zero-order chi connectivity index (χ0) is 13.5. The molecule has 1 saturated heterocycles. The van der Waals surface area contributed by atoms with Crippen LogP contribution in [0, 0.1) is 11.8 Å². The third-order valence-corrected chi connectivity index (χ3v) is 3.43. The lowest BCUT2D eigenvalue weighted by Crippen LogP contribution is -2.30. The Hall–Kier alpha value is -1.10. The minimum absolute atomic E-state index is 0.00769. The van der Waals surface area contributed by atoms with E-state index in [1.807, 2.05) is 13.8 Å². The van der Waals surface area contributed by atoms with Gasteiger partial charge in [-0.25, -0.2) is 0 Å². The smallest absolute Gasteiger partial charge is 0.308 e. The van der Waals surface area contributed by atoms with Gasteiger partial charge in [0.05, 0.1) is 18.9 Å². The van der Waals surface area contributed by atoms with Crippen LogP contribution >= 0.6 is 0 Å². The van der Waals surface area contributed by atoms with Gasteiger partial charge in [-0.2, -0.15) is 0 Å². The fourth-order valence-electron chi connectivity index (χ4n) is 2.48. The van der Waals surface area contributed by atoms with Crippen molar-refractivity contribution in [1.82, 2.24) is 4.90 Å². The highest BCUT2D eigenvalue weighted by molar-refractivity contribution is 5.79. The number of rotatable bonds is 7. The SMILES string of the molecule is CCC[C@@H]1CN(C(=O)CCOCC)C[C@H]1C(=O)O. The normalized spacial score (nSPS) is 23.3. The second-order valence-corrected chi connectivity index (χ2v) is 4.74. The second-order valence-electron chi connectivity index (χ2n) is 4.74. The van der Waals surface area contributed by atoms with E-state index < -0.39 is 11.9 Å². The fourth-order valence-corrected chi connectivity index (χ4v) is 2.48. The van der Waals surface area contributed by atoms with E-state index in [9.17, 15) is 9.59 Å². The lowest BCUT2D eigenvalue weighted by Gasteiger charge is -2.16. The number of hydrogen-bond donors (Lipinski definition) is 1. The third-order valence-electron chi connectivity index (χ3n) is 3.43. The minimum atomic E-state index is -0.784. The Kier molecular flexibility index (Phi) is 6.12. The average molecular weight is 257 g/mol. The quantitative estimate of drug-likeness (QED) is 0.700. The summed E-state index contributed by atoms with van der Waals surface area (Å²) in [6, 6.07) is 0. The predicted octanol–water partition coefficient (Wildman–Crippen LogP) is 1.37. The van der Waals surface area contributed by atoms with Crippen molar-refractivity contribution >= 4 is 11.9 Å². The molecule has 1 heterocycles. The number of carbonyl (C=O) groups excluding carboxylic acids is 1. The maximum atomic E-state index is 11.9. The maximum Gasteiger partial charge on any atom is 0.308 e. The molecule has 1 amide bonds. The van der Waals surface area contributed by atoms with Crippen molar-refractivity contribution in [2.45, 2.75) is 33.1 Å². The molecule has 0 aliphatic carbocycles. The van der Waals surface area contributed by atoms with Crippen LogP contribution in [-0.2, 0) is 14.3 Å². The van der Waals surface area contributed by atoms with Gasteiger partial charge in [0.1, 0.15) is 0 Å². The highest BCUT2D eigenvalue weighted by Gasteiger charge is 2.38. The molecule has 5 nitrogen and oxygen atoms in total. The number of ether oxygens (including phenoxy) is 1. The van der Waals surface area contributed by atoms with Gasteiger partial charge >= 0.3 is 5.97 Å². The van der Waals surface area contributed by atoms with E-state index >= 15 is 0 Å². The van der Waals surface area contributed by atoms with Crippen molar-refractivity contribution in [3.63, 3.8) is 0 Å². The largest absolute Gasteiger partial charge is 0.481 e. The van der Waals surface area contributed by atoms with Crippen molar-refractivity contribution in [2.75, 3.05) is 26.3 Å². The average Bonchev–Trinajstić information content (AvgIpc) is 2.74. The summed E-state index contributed by atoms with van der Waals surface area (Å²) in [6.07, 6.45) is 2.17. The summed E-state index contributed by atoms with van der Waals surface area (Å²) in [7, 11) is 0.